The Morgan fingerprint density at radius 1 is 1.18 bits per heavy atom. The van der Waals surface area contributed by atoms with Crippen molar-refractivity contribution < 1.29 is 5.11 Å². The molecule has 1 saturated heterocycles. The summed E-state index contributed by atoms with van der Waals surface area (Å²) in [7, 11) is 0. The molecule has 1 aliphatic heterocycles. The van der Waals surface area contributed by atoms with Gasteiger partial charge in [0.05, 0.1) is 6.10 Å². The van der Waals surface area contributed by atoms with Gasteiger partial charge in [0, 0.05) is 12.0 Å². The zero-order valence-electron chi connectivity index (χ0n) is 11.1. The van der Waals surface area contributed by atoms with Crippen molar-refractivity contribution in [2.24, 2.45) is 5.92 Å². The van der Waals surface area contributed by atoms with Crippen molar-refractivity contribution in [3.05, 3.63) is 0 Å². The van der Waals surface area contributed by atoms with Crippen LogP contribution < -0.4 is 0 Å². The predicted octanol–water partition coefficient (Wildman–Crippen LogP) is 2.76. The summed E-state index contributed by atoms with van der Waals surface area (Å²) < 4.78 is 0. The van der Waals surface area contributed by atoms with Gasteiger partial charge in [-0.05, 0) is 57.2 Å². The highest BCUT2D eigenvalue weighted by Crippen LogP contribution is 2.35. The fourth-order valence-corrected chi connectivity index (χ4v) is 4.03. The van der Waals surface area contributed by atoms with Crippen LogP contribution in [-0.2, 0) is 0 Å². The summed E-state index contributed by atoms with van der Waals surface area (Å²) in [5.74, 6) is 1.85. The zero-order valence-corrected chi connectivity index (χ0v) is 11.9. The Bertz CT molecular complexity index is 224. The number of rotatable bonds is 5. The second kappa shape index (κ2) is 7.01. The molecule has 1 N–H and O–H groups in total. The highest BCUT2D eigenvalue weighted by atomic mass is 32.2. The maximum absolute atomic E-state index is 10.1. The number of thioether (sulfide) groups is 1. The first kappa shape index (κ1) is 13.7. The molecule has 0 spiro atoms. The van der Waals surface area contributed by atoms with Crippen LogP contribution in [0.1, 0.15) is 44.9 Å². The van der Waals surface area contributed by atoms with Gasteiger partial charge >= 0.3 is 0 Å². The molecule has 1 heterocycles. The van der Waals surface area contributed by atoms with Crippen LogP contribution in [0.4, 0.5) is 0 Å². The molecule has 0 aromatic rings. The second-order valence-electron chi connectivity index (χ2n) is 5.61. The summed E-state index contributed by atoms with van der Waals surface area (Å²) >= 11 is 1.95. The van der Waals surface area contributed by atoms with Crippen LogP contribution in [0.25, 0.3) is 0 Å². The van der Waals surface area contributed by atoms with Gasteiger partial charge in [-0.25, -0.2) is 0 Å². The van der Waals surface area contributed by atoms with E-state index in [4.69, 9.17) is 0 Å². The lowest BCUT2D eigenvalue weighted by molar-refractivity contribution is 0.0358. The minimum Gasteiger partial charge on any atom is -0.393 e. The molecule has 2 aliphatic rings. The highest BCUT2D eigenvalue weighted by Gasteiger charge is 2.36. The van der Waals surface area contributed by atoms with E-state index in [1.165, 1.54) is 57.4 Å². The van der Waals surface area contributed by atoms with Gasteiger partial charge in [0.25, 0.3) is 0 Å². The Hall–Kier alpha value is 0.270. The van der Waals surface area contributed by atoms with Gasteiger partial charge in [-0.2, -0.15) is 11.8 Å². The molecule has 2 rings (SSSR count). The van der Waals surface area contributed by atoms with E-state index in [0.29, 0.717) is 12.0 Å². The summed E-state index contributed by atoms with van der Waals surface area (Å²) in [5, 5.41) is 10.1. The van der Waals surface area contributed by atoms with Crippen LogP contribution >= 0.6 is 11.8 Å². The maximum Gasteiger partial charge on any atom is 0.0583 e. The van der Waals surface area contributed by atoms with Gasteiger partial charge < -0.3 is 5.11 Å². The first-order valence-corrected chi connectivity index (χ1v) is 8.63. The highest BCUT2D eigenvalue weighted by molar-refractivity contribution is 7.98. The molecule has 2 fully saturated rings. The maximum atomic E-state index is 10.1. The molecule has 2 nitrogen and oxygen atoms in total. The van der Waals surface area contributed by atoms with Crippen LogP contribution in [0.15, 0.2) is 0 Å². The van der Waals surface area contributed by atoms with Gasteiger partial charge in [-0.1, -0.05) is 12.8 Å². The first-order valence-electron chi connectivity index (χ1n) is 7.24. The second-order valence-corrected chi connectivity index (χ2v) is 6.59. The summed E-state index contributed by atoms with van der Waals surface area (Å²) in [6.45, 7) is 2.51. The predicted molar refractivity (Wildman–Crippen MR) is 75.6 cm³/mol. The van der Waals surface area contributed by atoms with E-state index in [0.717, 1.165) is 6.42 Å². The number of piperidine rings is 1. The number of aliphatic hydroxyl groups is 1. The molecule has 0 amide bonds. The molecular weight excluding hydrogens is 230 g/mol. The third-order valence-electron chi connectivity index (χ3n) is 4.48. The summed E-state index contributed by atoms with van der Waals surface area (Å²) in [4.78, 5) is 2.68. The largest absolute Gasteiger partial charge is 0.393 e. The fraction of sp³-hybridized carbons (Fsp3) is 1.00. The Balaban J connectivity index is 1.87. The third-order valence-corrected chi connectivity index (χ3v) is 5.18. The minimum absolute atomic E-state index is 0.0128. The fourth-order valence-electron chi connectivity index (χ4n) is 3.61. The van der Waals surface area contributed by atoms with Gasteiger partial charge in [-0.15, -0.1) is 0 Å². The van der Waals surface area contributed by atoms with Crippen LogP contribution in [0.3, 0.4) is 0 Å². The Morgan fingerprint density at radius 3 is 2.76 bits per heavy atom. The first-order chi connectivity index (χ1) is 8.33. The molecule has 0 aromatic carbocycles. The van der Waals surface area contributed by atoms with E-state index in [2.05, 4.69) is 11.2 Å². The van der Waals surface area contributed by atoms with Crippen molar-refractivity contribution in [2.45, 2.75) is 57.1 Å². The number of nitrogens with zero attached hydrogens (tertiary/aromatic N) is 1. The molecule has 0 radical (unpaired) electrons. The molecule has 3 atom stereocenters. The number of likely N-dealkylation sites (tertiary alicyclic amines) is 1. The quantitative estimate of drug-likeness (QED) is 0.766. The molecule has 0 aromatic heterocycles. The Kier molecular flexibility index (Phi) is 5.64. The van der Waals surface area contributed by atoms with Gasteiger partial charge in [0.1, 0.15) is 0 Å². The monoisotopic (exact) mass is 257 g/mol. The van der Waals surface area contributed by atoms with Crippen molar-refractivity contribution in [2.75, 3.05) is 25.1 Å². The van der Waals surface area contributed by atoms with E-state index in [-0.39, 0.29) is 6.10 Å². The summed E-state index contributed by atoms with van der Waals surface area (Å²) in [5.41, 5.74) is 0. The van der Waals surface area contributed by atoms with Crippen LogP contribution in [-0.4, -0.2) is 47.3 Å². The molecule has 3 unspecified atom stereocenters. The topological polar surface area (TPSA) is 23.5 Å². The molecule has 17 heavy (non-hydrogen) atoms. The van der Waals surface area contributed by atoms with Crippen molar-refractivity contribution in [1.82, 2.24) is 4.90 Å². The molecular formula is C14H27NOS. The normalized spacial score (nSPS) is 35.3. The van der Waals surface area contributed by atoms with E-state index in [9.17, 15) is 5.11 Å². The van der Waals surface area contributed by atoms with Crippen molar-refractivity contribution in [1.29, 1.82) is 0 Å². The van der Waals surface area contributed by atoms with Crippen molar-refractivity contribution in [3.63, 3.8) is 0 Å². The van der Waals surface area contributed by atoms with Crippen molar-refractivity contribution in [3.8, 4) is 0 Å². The number of aliphatic hydroxyl groups excluding tert-OH is 1. The Labute approximate surface area is 110 Å². The smallest absolute Gasteiger partial charge is 0.0583 e. The lowest BCUT2D eigenvalue weighted by Crippen LogP contribution is -2.46. The Morgan fingerprint density at radius 2 is 2.06 bits per heavy atom. The van der Waals surface area contributed by atoms with Crippen LogP contribution in [0, 0.1) is 5.92 Å². The summed E-state index contributed by atoms with van der Waals surface area (Å²) in [6, 6.07) is 0.683. The minimum atomic E-state index is -0.0128. The molecule has 100 valence electrons. The van der Waals surface area contributed by atoms with E-state index in [1.54, 1.807) is 0 Å². The third kappa shape index (κ3) is 3.62. The number of hydrogen-bond acceptors (Lipinski definition) is 3. The van der Waals surface area contributed by atoms with Gasteiger partial charge in [0.15, 0.2) is 0 Å². The summed E-state index contributed by atoms with van der Waals surface area (Å²) in [6.07, 6.45) is 11.1. The van der Waals surface area contributed by atoms with E-state index >= 15 is 0 Å². The average molecular weight is 257 g/mol. The molecule has 1 aliphatic carbocycles. The van der Waals surface area contributed by atoms with Crippen molar-refractivity contribution >= 4 is 11.8 Å². The lowest BCUT2D eigenvalue weighted by atomic mass is 9.87. The molecule has 0 bridgehead atoms. The average Bonchev–Trinajstić information content (AvgIpc) is 2.76. The van der Waals surface area contributed by atoms with E-state index in [1.807, 2.05) is 11.8 Å². The van der Waals surface area contributed by atoms with Gasteiger partial charge in [-0.3, -0.25) is 4.90 Å². The van der Waals surface area contributed by atoms with Crippen LogP contribution in [0.2, 0.25) is 0 Å². The SMILES string of the molecule is CSCCCN1CCCCC1C1CCCC1O. The zero-order chi connectivity index (χ0) is 12.1. The van der Waals surface area contributed by atoms with Gasteiger partial charge in [0.2, 0.25) is 0 Å². The standard InChI is InChI=1S/C14H27NOS/c1-17-11-5-10-15-9-3-2-7-13(15)12-6-4-8-14(12)16/h12-14,16H,2-11H2,1H3. The van der Waals surface area contributed by atoms with E-state index < -0.39 is 0 Å². The molecule has 3 heteroatoms. The molecule has 1 saturated carbocycles. The lowest BCUT2D eigenvalue weighted by Gasteiger charge is -2.40. The van der Waals surface area contributed by atoms with Crippen LogP contribution in [0.5, 0.6) is 0 Å². The number of hydrogen-bond donors (Lipinski definition) is 1.